The normalized spacial score (nSPS) is 29.8. The lowest BCUT2D eigenvalue weighted by Gasteiger charge is -2.28. The zero-order valence-corrected chi connectivity index (χ0v) is 12.3. The molecule has 4 nitrogen and oxygen atoms in total. The smallest absolute Gasteiger partial charge is 0.410 e. The standard InChI is InChI=1S/C15H19ClN2O2/c1-15(12-5-6-17-8-12)10-18(14(19)20-15)9-11-3-2-4-13(16)7-11/h2-4,7,12,17H,5-6,8-10H2,1H3. The molecule has 5 heteroatoms. The van der Waals surface area contributed by atoms with Gasteiger partial charge in [-0.25, -0.2) is 4.79 Å². The van der Waals surface area contributed by atoms with Crippen molar-refractivity contribution < 1.29 is 9.53 Å². The Morgan fingerprint density at radius 2 is 2.40 bits per heavy atom. The van der Waals surface area contributed by atoms with Crippen LogP contribution in [0.4, 0.5) is 4.79 Å². The molecule has 1 aromatic rings. The van der Waals surface area contributed by atoms with Crippen LogP contribution in [0.2, 0.25) is 5.02 Å². The highest BCUT2D eigenvalue weighted by Gasteiger charge is 2.47. The minimum Gasteiger partial charge on any atom is -0.441 e. The molecule has 1 amide bonds. The molecule has 0 saturated carbocycles. The molecule has 108 valence electrons. The number of ether oxygens (including phenoxy) is 1. The zero-order chi connectivity index (χ0) is 14.2. The molecule has 2 fully saturated rings. The Kier molecular flexibility index (Phi) is 3.61. The molecule has 2 saturated heterocycles. The number of amides is 1. The molecule has 2 heterocycles. The highest BCUT2D eigenvalue weighted by molar-refractivity contribution is 6.30. The summed E-state index contributed by atoms with van der Waals surface area (Å²) in [6.45, 7) is 5.17. The van der Waals surface area contributed by atoms with Crippen molar-refractivity contribution in [2.75, 3.05) is 19.6 Å². The highest BCUT2D eigenvalue weighted by Crippen LogP contribution is 2.34. The fourth-order valence-electron chi connectivity index (χ4n) is 3.10. The largest absolute Gasteiger partial charge is 0.441 e. The van der Waals surface area contributed by atoms with Crippen LogP contribution in [0, 0.1) is 5.92 Å². The number of hydrogen-bond acceptors (Lipinski definition) is 3. The van der Waals surface area contributed by atoms with Gasteiger partial charge in [-0.05, 0) is 37.6 Å². The molecule has 0 radical (unpaired) electrons. The van der Waals surface area contributed by atoms with Crippen molar-refractivity contribution in [3.05, 3.63) is 34.9 Å². The van der Waals surface area contributed by atoms with Gasteiger partial charge in [-0.3, -0.25) is 4.90 Å². The van der Waals surface area contributed by atoms with Crippen LogP contribution in [0.15, 0.2) is 24.3 Å². The van der Waals surface area contributed by atoms with E-state index in [0.29, 0.717) is 24.0 Å². The number of carbonyl (C=O) groups is 1. The van der Waals surface area contributed by atoms with Crippen molar-refractivity contribution in [3.8, 4) is 0 Å². The molecule has 1 aromatic carbocycles. The zero-order valence-electron chi connectivity index (χ0n) is 11.6. The third-order valence-electron chi connectivity index (χ3n) is 4.27. The molecule has 2 aliphatic heterocycles. The molecule has 3 rings (SSSR count). The van der Waals surface area contributed by atoms with Gasteiger partial charge in [0.1, 0.15) is 5.60 Å². The summed E-state index contributed by atoms with van der Waals surface area (Å²) in [4.78, 5) is 13.9. The first-order valence-electron chi connectivity index (χ1n) is 7.00. The first kappa shape index (κ1) is 13.7. The molecule has 0 aromatic heterocycles. The predicted molar refractivity (Wildman–Crippen MR) is 77.7 cm³/mol. The summed E-state index contributed by atoms with van der Waals surface area (Å²) in [6.07, 6.45) is 0.841. The number of cyclic esters (lactones) is 1. The van der Waals surface area contributed by atoms with Gasteiger partial charge < -0.3 is 10.1 Å². The topological polar surface area (TPSA) is 41.6 Å². The maximum Gasteiger partial charge on any atom is 0.410 e. The summed E-state index contributed by atoms with van der Waals surface area (Å²) in [5.41, 5.74) is 0.655. The summed E-state index contributed by atoms with van der Waals surface area (Å²) in [5.74, 6) is 0.399. The molecule has 0 bridgehead atoms. The fourth-order valence-corrected chi connectivity index (χ4v) is 3.32. The molecule has 20 heavy (non-hydrogen) atoms. The monoisotopic (exact) mass is 294 g/mol. The number of benzene rings is 1. The van der Waals surface area contributed by atoms with E-state index in [1.54, 1.807) is 4.90 Å². The van der Waals surface area contributed by atoms with Crippen molar-refractivity contribution >= 4 is 17.7 Å². The summed E-state index contributed by atoms with van der Waals surface area (Å²) < 4.78 is 5.66. The van der Waals surface area contributed by atoms with Crippen LogP contribution in [-0.2, 0) is 11.3 Å². The Labute approximate surface area is 124 Å². The molecule has 0 aliphatic carbocycles. The molecule has 0 spiro atoms. The average Bonchev–Trinajstić information content (AvgIpc) is 3.00. The van der Waals surface area contributed by atoms with E-state index < -0.39 is 0 Å². The second-order valence-corrected chi connectivity index (χ2v) is 6.29. The highest BCUT2D eigenvalue weighted by atomic mass is 35.5. The van der Waals surface area contributed by atoms with E-state index in [2.05, 4.69) is 5.32 Å². The van der Waals surface area contributed by atoms with E-state index in [-0.39, 0.29) is 11.7 Å². The van der Waals surface area contributed by atoms with Crippen LogP contribution in [0.3, 0.4) is 0 Å². The van der Waals surface area contributed by atoms with Gasteiger partial charge in [0.15, 0.2) is 0 Å². The number of hydrogen-bond donors (Lipinski definition) is 1. The van der Waals surface area contributed by atoms with Crippen molar-refractivity contribution in [2.24, 2.45) is 5.92 Å². The van der Waals surface area contributed by atoms with Gasteiger partial charge in [0.25, 0.3) is 0 Å². The molecular formula is C15H19ClN2O2. The molecule has 2 atom stereocenters. The first-order chi connectivity index (χ1) is 9.57. The summed E-state index contributed by atoms with van der Waals surface area (Å²) in [7, 11) is 0. The van der Waals surface area contributed by atoms with E-state index >= 15 is 0 Å². The average molecular weight is 295 g/mol. The van der Waals surface area contributed by atoms with Gasteiger partial charge in [-0.2, -0.15) is 0 Å². The van der Waals surface area contributed by atoms with Crippen LogP contribution < -0.4 is 5.32 Å². The van der Waals surface area contributed by atoms with Gasteiger partial charge >= 0.3 is 6.09 Å². The van der Waals surface area contributed by atoms with Crippen LogP contribution in [0.5, 0.6) is 0 Å². The molecule has 1 N–H and O–H groups in total. The van der Waals surface area contributed by atoms with E-state index in [0.717, 1.165) is 25.1 Å². The second kappa shape index (κ2) is 5.26. The number of rotatable bonds is 3. The van der Waals surface area contributed by atoms with Gasteiger partial charge in [0.2, 0.25) is 0 Å². The molecule has 2 aliphatic rings. The Morgan fingerprint density at radius 1 is 1.55 bits per heavy atom. The van der Waals surface area contributed by atoms with Gasteiger partial charge in [-0.1, -0.05) is 23.7 Å². The van der Waals surface area contributed by atoms with E-state index in [1.165, 1.54) is 0 Å². The van der Waals surface area contributed by atoms with Crippen LogP contribution in [0.1, 0.15) is 18.9 Å². The van der Waals surface area contributed by atoms with Crippen LogP contribution in [-0.4, -0.2) is 36.2 Å². The minimum atomic E-state index is -0.376. The van der Waals surface area contributed by atoms with Crippen molar-refractivity contribution in [3.63, 3.8) is 0 Å². The van der Waals surface area contributed by atoms with Crippen LogP contribution in [0.25, 0.3) is 0 Å². The van der Waals surface area contributed by atoms with Crippen molar-refractivity contribution in [1.82, 2.24) is 10.2 Å². The van der Waals surface area contributed by atoms with E-state index in [9.17, 15) is 4.79 Å². The Bertz CT molecular complexity index is 516. The third-order valence-corrected chi connectivity index (χ3v) is 4.50. The lowest BCUT2D eigenvalue weighted by Crippen LogP contribution is -2.40. The predicted octanol–water partition coefficient (Wildman–Crippen LogP) is 2.66. The Balaban J connectivity index is 1.70. The molecular weight excluding hydrogens is 276 g/mol. The number of nitrogens with zero attached hydrogens (tertiary/aromatic N) is 1. The van der Waals surface area contributed by atoms with Gasteiger partial charge in [0, 0.05) is 24.0 Å². The SMILES string of the molecule is CC1(C2CCNC2)CN(Cc2cccc(Cl)c2)C(=O)O1. The number of carbonyl (C=O) groups excluding carboxylic acids is 1. The third kappa shape index (κ3) is 2.63. The minimum absolute atomic E-state index is 0.223. The van der Waals surface area contributed by atoms with Crippen LogP contribution >= 0.6 is 11.6 Å². The Morgan fingerprint density at radius 3 is 3.10 bits per heavy atom. The van der Waals surface area contributed by atoms with Gasteiger partial charge in [-0.15, -0.1) is 0 Å². The van der Waals surface area contributed by atoms with Gasteiger partial charge in [0.05, 0.1) is 6.54 Å². The molecule has 2 unspecified atom stereocenters. The second-order valence-electron chi connectivity index (χ2n) is 5.86. The number of nitrogens with one attached hydrogen (secondary N) is 1. The summed E-state index contributed by atoms with van der Waals surface area (Å²) in [6, 6.07) is 7.61. The van der Waals surface area contributed by atoms with E-state index in [4.69, 9.17) is 16.3 Å². The Hall–Kier alpha value is -1.26. The quantitative estimate of drug-likeness (QED) is 0.932. The number of halogens is 1. The lowest BCUT2D eigenvalue weighted by atomic mass is 9.88. The van der Waals surface area contributed by atoms with E-state index in [1.807, 2.05) is 31.2 Å². The fraction of sp³-hybridized carbons (Fsp3) is 0.533. The lowest BCUT2D eigenvalue weighted by molar-refractivity contribution is 0.0287. The maximum absolute atomic E-state index is 12.1. The first-order valence-corrected chi connectivity index (χ1v) is 7.38. The summed E-state index contributed by atoms with van der Waals surface area (Å²) in [5, 5.41) is 4.03. The summed E-state index contributed by atoms with van der Waals surface area (Å²) >= 11 is 5.98. The van der Waals surface area contributed by atoms with Crippen molar-refractivity contribution in [2.45, 2.75) is 25.5 Å². The van der Waals surface area contributed by atoms with Crippen molar-refractivity contribution in [1.29, 1.82) is 0 Å². The maximum atomic E-state index is 12.1.